The van der Waals surface area contributed by atoms with Gasteiger partial charge < -0.3 is 5.32 Å². The molecular formula is C11H20N4S. The average Bonchev–Trinajstić information content (AvgIpc) is 2.70. The van der Waals surface area contributed by atoms with Crippen LogP contribution in [0.2, 0.25) is 0 Å². The first kappa shape index (κ1) is 13.0. The van der Waals surface area contributed by atoms with Crippen LogP contribution >= 0.6 is 11.3 Å². The van der Waals surface area contributed by atoms with Gasteiger partial charge >= 0.3 is 0 Å². The number of nitrogens with zero attached hydrogens (tertiary/aromatic N) is 1. The first-order chi connectivity index (χ1) is 7.67. The van der Waals surface area contributed by atoms with Crippen LogP contribution in [0.15, 0.2) is 17.1 Å². The number of nitrogens with two attached hydrogens (primary N) is 1. The largest absolute Gasteiger partial charge is 0.348 e. The smallest absolute Gasteiger partial charge is 0.206 e. The van der Waals surface area contributed by atoms with Gasteiger partial charge in [0.25, 0.3) is 0 Å². The summed E-state index contributed by atoms with van der Waals surface area (Å²) in [6.45, 7) is 7.07. The van der Waals surface area contributed by atoms with Crippen molar-refractivity contribution in [3.63, 3.8) is 0 Å². The fourth-order valence-corrected chi connectivity index (χ4v) is 2.20. The summed E-state index contributed by atoms with van der Waals surface area (Å²) in [5.74, 6) is 6.06. The van der Waals surface area contributed by atoms with Crippen molar-refractivity contribution in [3.8, 4) is 0 Å². The number of rotatable bonds is 4. The first-order valence-electron chi connectivity index (χ1n) is 5.51. The van der Waals surface area contributed by atoms with Crippen molar-refractivity contribution < 1.29 is 0 Å². The Morgan fingerprint density at radius 3 is 2.81 bits per heavy atom. The fourth-order valence-electron chi connectivity index (χ4n) is 1.32. The molecule has 0 spiro atoms. The van der Waals surface area contributed by atoms with Crippen LogP contribution in [0.1, 0.15) is 36.1 Å². The molecule has 16 heavy (non-hydrogen) atoms. The zero-order chi connectivity index (χ0) is 12.0. The van der Waals surface area contributed by atoms with Crippen molar-refractivity contribution in [1.82, 2.24) is 10.7 Å². The molecule has 1 aromatic heterocycles. The van der Waals surface area contributed by atoms with Gasteiger partial charge in [0, 0.05) is 16.3 Å². The Morgan fingerprint density at radius 2 is 2.31 bits per heavy atom. The van der Waals surface area contributed by atoms with E-state index in [1.54, 1.807) is 11.3 Å². The first-order valence-corrected chi connectivity index (χ1v) is 6.33. The molecule has 0 aromatic carbocycles. The molecule has 5 heteroatoms. The highest BCUT2D eigenvalue weighted by molar-refractivity contribution is 7.12. The maximum atomic E-state index is 5.41. The number of guanidine groups is 1. The maximum absolute atomic E-state index is 5.41. The van der Waals surface area contributed by atoms with Crippen molar-refractivity contribution >= 4 is 17.3 Å². The molecule has 0 bridgehead atoms. The highest BCUT2D eigenvalue weighted by Crippen LogP contribution is 2.21. The summed E-state index contributed by atoms with van der Waals surface area (Å²) in [5, 5.41) is 3.26. The van der Waals surface area contributed by atoms with Crippen molar-refractivity contribution in [1.29, 1.82) is 0 Å². The van der Waals surface area contributed by atoms with E-state index in [1.807, 2.05) is 0 Å². The highest BCUT2D eigenvalue weighted by atomic mass is 32.1. The molecule has 0 fully saturated rings. The molecule has 0 saturated heterocycles. The Balaban J connectivity index is 2.58. The third kappa shape index (κ3) is 3.83. The third-order valence-electron chi connectivity index (χ3n) is 2.17. The Labute approximate surface area is 101 Å². The highest BCUT2D eigenvalue weighted by Gasteiger charge is 2.08. The standard InChI is InChI=1S/C11H20N4S/c1-4-7-13-11(15-12)14-9(3)10-6-5-8(2)16-10/h5-6,9H,4,7,12H2,1-3H3,(H2,13,14,15). The van der Waals surface area contributed by atoms with Gasteiger partial charge in [0.1, 0.15) is 0 Å². The van der Waals surface area contributed by atoms with Crippen LogP contribution < -0.4 is 16.6 Å². The Kier molecular flexibility index (Phi) is 5.28. The second kappa shape index (κ2) is 6.50. The lowest BCUT2D eigenvalue weighted by Gasteiger charge is -2.15. The molecule has 0 aliphatic carbocycles. The van der Waals surface area contributed by atoms with Crippen LogP contribution in [-0.2, 0) is 0 Å². The quantitative estimate of drug-likeness (QED) is 0.326. The van der Waals surface area contributed by atoms with Crippen molar-refractivity contribution in [2.24, 2.45) is 10.8 Å². The van der Waals surface area contributed by atoms with Crippen LogP contribution in [0.25, 0.3) is 0 Å². The number of aryl methyl sites for hydroxylation is 1. The molecule has 1 heterocycles. The van der Waals surface area contributed by atoms with Gasteiger partial charge in [0.05, 0.1) is 6.04 Å². The predicted molar refractivity (Wildman–Crippen MR) is 70.5 cm³/mol. The van der Waals surface area contributed by atoms with Crippen molar-refractivity contribution in [2.45, 2.75) is 33.2 Å². The summed E-state index contributed by atoms with van der Waals surface area (Å²) in [4.78, 5) is 6.91. The van der Waals surface area contributed by atoms with Crippen LogP contribution in [0.3, 0.4) is 0 Å². The lowest BCUT2D eigenvalue weighted by Crippen LogP contribution is -2.42. The van der Waals surface area contributed by atoms with Crippen LogP contribution in [-0.4, -0.2) is 12.5 Å². The van der Waals surface area contributed by atoms with E-state index >= 15 is 0 Å². The molecule has 4 N–H and O–H groups in total. The summed E-state index contributed by atoms with van der Waals surface area (Å²) < 4.78 is 0. The molecule has 1 aromatic rings. The molecule has 0 radical (unpaired) electrons. The minimum Gasteiger partial charge on any atom is -0.348 e. The summed E-state index contributed by atoms with van der Waals surface area (Å²) in [5.41, 5.74) is 2.59. The molecule has 90 valence electrons. The van der Waals surface area contributed by atoms with Gasteiger partial charge in [0.2, 0.25) is 5.96 Å². The van der Waals surface area contributed by atoms with Crippen molar-refractivity contribution in [2.75, 3.05) is 6.54 Å². The van der Waals surface area contributed by atoms with Gasteiger partial charge in [-0.25, -0.2) is 5.84 Å². The van der Waals surface area contributed by atoms with Gasteiger partial charge in [0.15, 0.2) is 0 Å². The zero-order valence-electron chi connectivity index (χ0n) is 10.1. The van der Waals surface area contributed by atoms with Crippen LogP contribution in [0, 0.1) is 6.92 Å². The predicted octanol–water partition coefficient (Wildman–Crippen LogP) is 1.94. The van der Waals surface area contributed by atoms with E-state index in [-0.39, 0.29) is 6.04 Å². The SMILES string of the molecule is CCCN=C(NN)NC(C)c1ccc(C)s1. The Bertz CT molecular complexity index is 346. The molecule has 0 aliphatic rings. The summed E-state index contributed by atoms with van der Waals surface area (Å²) >= 11 is 1.79. The molecule has 0 amide bonds. The number of hydrogen-bond donors (Lipinski definition) is 3. The van der Waals surface area contributed by atoms with Gasteiger partial charge in [-0.05, 0) is 32.4 Å². The van der Waals surface area contributed by atoms with Gasteiger partial charge in [-0.15, -0.1) is 11.3 Å². The van der Waals surface area contributed by atoms with E-state index in [2.05, 4.69) is 48.6 Å². The number of hydrogen-bond acceptors (Lipinski definition) is 3. The van der Waals surface area contributed by atoms with E-state index in [1.165, 1.54) is 9.75 Å². The molecule has 1 rings (SSSR count). The number of hydrazine groups is 1. The fraction of sp³-hybridized carbons (Fsp3) is 0.545. The van der Waals surface area contributed by atoms with E-state index < -0.39 is 0 Å². The van der Waals surface area contributed by atoms with Crippen molar-refractivity contribution in [3.05, 3.63) is 21.9 Å². The molecule has 4 nitrogen and oxygen atoms in total. The Hall–Kier alpha value is -1.07. The maximum Gasteiger partial charge on any atom is 0.206 e. The topological polar surface area (TPSA) is 62.4 Å². The average molecular weight is 240 g/mol. The minimum absolute atomic E-state index is 0.227. The molecule has 1 unspecified atom stereocenters. The lowest BCUT2D eigenvalue weighted by atomic mass is 10.3. The van der Waals surface area contributed by atoms with Crippen LogP contribution in [0.4, 0.5) is 0 Å². The van der Waals surface area contributed by atoms with E-state index in [9.17, 15) is 0 Å². The van der Waals surface area contributed by atoms with Gasteiger partial charge in [-0.1, -0.05) is 6.92 Å². The lowest BCUT2D eigenvalue weighted by molar-refractivity contribution is 0.698. The van der Waals surface area contributed by atoms with E-state index in [0.29, 0.717) is 5.96 Å². The molecule has 0 aliphatic heterocycles. The second-order valence-electron chi connectivity index (χ2n) is 3.69. The van der Waals surface area contributed by atoms with E-state index in [4.69, 9.17) is 5.84 Å². The number of aliphatic imine (C=N–C) groups is 1. The minimum atomic E-state index is 0.227. The van der Waals surface area contributed by atoms with Gasteiger partial charge in [-0.3, -0.25) is 10.4 Å². The van der Waals surface area contributed by atoms with Gasteiger partial charge in [-0.2, -0.15) is 0 Å². The molecular weight excluding hydrogens is 220 g/mol. The van der Waals surface area contributed by atoms with Crippen LogP contribution in [0.5, 0.6) is 0 Å². The van der Waals surface area contributed by atoms with E-state index in [0.717, 1.165) is 13.0 Å². The third-order valence-corrected chi connectivity index (χ3v) is 3.35. The monoisotopic (exact) mass is 240 g/mol. The molecule has 0 saturated carbocycles. The number of thiophene rings is 1. The zero-order valence-corrected chi connectivity index (χ0v) is 10.9. The molecule has 1 atom stereocenters. The summed E-state index contributed by atoms with van der Waals surface area (Å²) in [6.07, 6.45) is 1.01. The number of nitrogens with one attached hydrogen (secondary N) is 2. The summed E-state index contributed by atoms with van der Waals surface area (Å²) in [6, 6.07) is 4.48. The summed E-state index contributed by atoms with van der Waals surface area (Å²) in [7, 11) is 0. The Morgan fingerprint density at radius 1 is 1.56 bits per heavy atom. The second-order valence-corrected chi connectivity index (χ2v) is 5.01. The normalized spacial score (nSPS) is 13.6.